The van der Waals surface area contributed by atoms with Gasteiger partial charge in [0.1, 0.15) is 0 Å². The van der Waals surface area contributed by atoms with Crippen LogP contribution in [0.2, 0.25) is 0 Å². The van der Waals surface area contributed by atoms with E-state index in [1.54, 1.807) is 24.3 Å². The second-order valence-electron chi connectivity index (χ2n) is 9.22. The first kappa shape index (κ1) is 26.3. The van der Waals surface area contributed by atoms with Crippen molar-refractivity contribution in [2.45, 2.75) is 26.3 Å². The summed E-state index contributed by atoms with van der Waals surface area (Å²) in [5.41, 5.74) is 3.64. The van der Waals surface area contributed by atoms with E-state index in [0.717, 1.165) is 22.8 Å². The summed E-state index contributed by atoms with van der Waals surface area (Å²) < 4.78 is 5.51. The highest BCUT2D eigenvalue weighted by molar-refractivity contribution is 5.99. The highest BCUT2D eigenvalue weighted by Gasteiger charge is 2.26. The van der Waals surface area contributed by atoms with Crippen LogP contribution in [0.3, 0.4) is 0 Å². The quantitative estimate of drug-likeness (QED) is 0.398. The van der Waals surface area contributed by atoms with Gasteiger partial charge in [0.25, 0.3) is 5.91 Å². The van der Waals surface area contributed by atoms with Gasteiger partial charge in [0.05, 0.1) is 12.5 Å². The molecule has 1 aliphatic heterocycles. The predicted octanol–water partition coefficient (Wildman–Crippen LogP) is 4.88. The first-order chi connectivity index (χ1) is 18.3. The van der Waals surface area contributed by atoms with Crippen LogP contribution in [0.15, 0.2) is 90.0 Å². The van der Waals surface area contributed by atoms with E-state index in [9.17, 15) is 14.4 Å². The molecule has 8 heteroatoms. The van der Waals surface area contributed by atoms with Gasteiger partial charge in [-0.25, -0.2) is 9.80 Å². The monoisotopic (exact) mass is 511 g/mol. The van der Waals surface area contributed by atoms with Crippen molar-refractivity contribution in [3.63, 3.8) is 0 Å². The summed E-state index contributed by atoms with van der Waals surface area (Å²) in [5.74, 6) is -1.52. The number of aliphatic carboxylic acids is 1. The molecule has 2 amide bonds. The van der Waals surface area contributed by atoms with Gasteiger partial charge in [-0.1, -0.05) is 74.5 Å². The fraction of sp³-hybridized carbons (Fsp3) is 0.200. The summed E-state index contributed by atoms with van der Waals surface area (Å²) in [6.07, 6.45) is 2.49. The minimum Gasteiger partial charge on any atom is -0.478 e. The standard InChI is InChI=1S/C30H29N3O5/c1-20(2)28(29(37)31-25-11-7-6-8-22(25)16-17-27(35)36)23-14-12-21(13-15-23)18-33-26(34)19-38-30(32-33)24-9-4-3-5-10-24/h3-17,20,28H,18-19H2,1-2H3,(H,31,37)(H,35,36). The molecule has 0 saturated carbocycles. The topological polar surface area (TPSA) is 108 Å². The Morgan fingerprint density at radius 2 is 1.71 bits per heavy atom. The van der Waals surface area contributed by atoms with Crippen LogP contribution in [-0.4, -0.2) is 40.4 Å². The summed E-state index contributed by atoms with van der Waals surface area (Å²) >= 11 is 0. The summed E-state index contributed by atoms with van der Waals surface area (Å²) in [4.78, 5) is 36.7. The molecule has 0 aromatic heterocycles. The van der Waals surface area contributed by atoms with E-state index < -0.39 is 11.9 Å². The summed E-state index contributed by atoms with van der Waals surface area (Å²) in [6.45, 7) is 4.15. The number of hydrazone groups is 1. The SMILES string of the molecule is CC(C)C(C(=O)Nc1ccccc1C=CC(=O)O)c1ccc(CN2N=C(c3ccccc3)OCC2=O)cc1. The molecule has 0 radical (unpaired) electrons. The molecule has 1 atom stereocenters. The van der Waals surface area contributed by atoms with Crippen LogP contribution in [0, 0.1) is 5.92 Å². The van der Waals surface area contributed by atoms with Crippen LogP contribution in [0.1, 0.15) is 42.0 Å². The van der Waals surface area contributed by atoms with Gasteiger partial charge < -0.3 is 15.2 Å². The fourth-order valence-electron chi connectivity index (χ4n) is 4.21. The summed E-state index contributed by atoms with van der Waals surface area (Å²) in [7, 11) is 0. The molecule has 4 rings (SSSR count). The van der Waals surface area contributed by atoms with E-state index in [2.05, 4.69) is 10.4 Å². The number of rotatable bonds is 9. The van der Waals surface area contributed by atoms with Gasteiger partial charge in [0.2, 0.25) is 11.8 Å². The maximum Gasteiger partial charge on any atom is 0.328 e. The molecule has 1 aliphatic rings. The van der Waals surface area contributed by atoms with Gasteiger partial charge in [-0.15, -0.1) is 5.10 Å². The number of carboxylic acid groups (broad SMARTS) is 1. The highest BCUT2D eigenvalue weighted by atomic mass is 16.5. The second kappa shape index (κ2) is 12.0. The smallest absolute Gasteiger partial charge is 0.328 e. The van der Waals surface area contributed by atoms with Crippen molar-refractivity contribution in [2.24, 2.45) is 11.0 Å². The van der Waals surface area contributed by atoms with Crippen LogP contribution in [0.25, 0.3) is 6.08 Å². The number of ether oxygens (including phenoxy) is 1. The number of nitrogens with one attached hydrogen (secondary N) is 1. The number of hydrogen-bond acceptors (Lipinski definition) is 5. The van der Waals surface area contributed by atoms with Crippen molar-refractivity contribution in [2.75, 3.05) is 11.9 Å². The highest BCUT2D eigenvalue weighted by Crippen LogP contribution is 2.28. The van der Waals surface area contributed by atoms with E-state index in [1.807, 2.05) is 68.4 Å². The number of carbonyl (C=O) groups is 3. The van der Waals surface area contributed by atoms with E-state index >= 15 is 0 Å². The molecule has 1 heterocycles. The number of hydrogen-bond donors (Lipinski definition) is 2. The van der Waals surface area contributed by atoms with Gasteiger partial charge in [-0.2, -0.15) is 0 Å². The van der Waals surface area contributed by atoms with E-state index in [4.69, 9.17) is 9.84 Å². The number of carbonyl (C=O) groups excluding carboxylic acids is 2. The first-order valence-electron chi connectivity index (χ1n) is 12.3. The second-order valence-corrected chi connectivity index (χ2v) is 9.22. The van der Waals surface area contributed by atoms with Gasteiger partial charge in [-0.3, -0.25) is 9.59 Å². The molecule has 3 aromatic carbocycles. The van der Waals surface area contributed by atoms with Gasteiger partial charge in [0.15, 0.2) is 6.61 Å². The fourth-order valence-corrected chi connectivity index (χ4v) is 4.21. The molecule has 8 nitrogen and oxygen atoms in total. The van der Waals surface area contributed by atoms with Crippen LogP contribution in [0.4, 0.5) is 5.69 Å². The Morgan fingerprint density at radius 1 is 1.03 bits per heavy atom. The predicted molar refractivity (Wildman–Crippen MR) is 145 cm³/mol. The van der Waals surface area contributed by atoms with Crippen LogP contribution >= 0.6 is 0 Å². The molecule has 1 unspecified atom stereocenters. The Bertz CT molecular complexity index is 1360. The van der Waals surface area contributed by atoms with Crippen LogP contribution in [-0.2, 0) is 25.7 Å². The van der Waals surface area contributed by atoms with Gasteiger partial charge in [0, 0.05) is 17.3 Å². The lowest BCUT2D eigenvalue weighted by molar-refractivity contribution is -0.136. The van der Waals surface area contributed by atoms with Crippen molar-refractivity contribution in [3.05, 3.63) is 107 Å². The number of nitrogens with zero attached hydrogens (tertiary/aromatic N) is 2. The maximum atomic E-state index is 13.3. The van der Waals surface area contributed by atoms with Crippen molar-refractivity contribution >= 4 is 35.4 Å². The number of amides is 2. The number of carboxylic acids is 1. The van der Waals surface area contributed by atoms with Crippen molar-refractivity contribution in [1.82, 2.24) is 5.01 Å². The Morgan fingerprint density at radius 3 is 2.39 bits per heavy atom. The summed E-state index contributed by atoms with van der Waals surface area (Å²) in [6, 6.07) is 24.0. The lowest BCUT2D eigenvalue weighted by Gasteiger charge is -2.24. The lowest BCUT2D eigenvalue weighted by atomic mass is 9.87. The Kier molecular flexibility index (Phi) is 8.33. The van der Waals surface area contributed by atoms with Crippen molar-refractivity contribution in [1.29, 1.82) is 0 Å². The number of para-hydroxylation sites is 1. The first-order valence-corrected chi connectivity index (χ1v) is 12.3. The third kappa shape index (κ3) is 6.53. The van der Waals surface area contributed by atoms with Gasteiger partial charge >= 0.3 is 5.97 Å². The molecule has 0 saturated heterocycles. The van der Waals surface area contributed by atoms with Crippen LogP contribution < -0.4 is 5.32 Å². The zero-order valence-electron chi connectivity index (χ0n) is 21.2. The minimum absolute atomic E-state index is 0.00132. The third-order valence-electron chi connectivity index (χ3n) is 6.10. The maximum absolute atomic E-state index is 13.3. The molecule has 38 heavy (non-hydrogen) atoms. The molecule has 0 aliphatic carbocycles. The molecule has 3 aromatic rings. The lowest BCUT2D eigenvalue weighted by Crippen LogP contribution is -2.36. The normalized spacial score (nSPS) is 14.2. The number of anilines is 1. The summed E-state index contributed by atoms with van der Waals surface area (Å²) in [5, 5.41) is 17.7. The molecule has 0 spiro atoms. The zero-order chi connectivity index (χ0) is 27.1. The number of benzene rings is 3. The average Bonchev–Trinajstić information content (AvgIpc) is 2.91. The van der Waals surface area contributed by atoms with Crippen molar-refractivity contribution in [3.8, 4) is 0 Å². The molecule has 194 valence electrons. The Labute approximate surface area is 221 Å². The minimum atomic E-state index is -1.06. The third-order valence-corrected chi connectivity index (χ3v) is 6.10. The molecular weight excluding hydrogens is 482 g/mol. The Balaban J connectivity index is 1.49. The molecule has 0 fully saturated rings. The largest absolute Gasteiger partial charge is 0.478 e. The zero-order valence-corrected chi connectivity index (χ0v) is 21.2. The van der Waals surface area contributed by atoms with Gasteiger partial charge in [-0.05, 0) is 46.9 Å². The van der Waals surface area contributed by atoms with Crippen molar-refractivity contribution < 1.29 is 24.2 Å². The molecule has 0 bridgehead atoms. The molecular formula is C30H29N3O5. The van der Waals surface area contributed by atoms with Crippen LogP contribution in [0.5, 0.6) is 0 Å². The van der Waals surface area contributed by atoms with E-state index in [1.165, 1.54) is 11.1 Å². The molecule has 2 N–H and O–H groups in total. The average molecular weight is 512 g/mol. The van der Waals surface area contributed by atoms with E-state index in [0.29, 0.717) is 17.1 Å². The Hall–Kier alpha value is -4.72. The van der Waals surface area contributed by atoms with E-state index in [-0.39, 0.29) is 30.9 Å².